The summed E-state index contributed by atoms with van der Waals surface area (Å²) in [6.07, 6.45) is 1.20. The van der Waals surface area contributed by atoms with Crippen molar-refractivity contribution in [2.45, 2.75) is 18.9 Å². The van der Waals surface area contributed by atoms with Gasteiger partial charge in [0, 0.05) is 16.4 Å². The van der Waals surface area contributed by atoms with Crippen molar-refractivity contribution in [3.63, 3.8) is 0 Å². The molecule has 104 valence electrons. The van der Waals surface area contributed by atoms with E-state index in [0.29, 0.717) is 25.0 Å². The molecule has 1 aliphatic heterocycles. The summed E-state index contributed by atoms with van der Waals surface area (Å²) in [5, 5.41) is 9.94. The lowest BCUT2D eigenvalue weighted by Gasteiger charge is -2.19. The Morgan fingerprint density at radius 1 is 1.35 bits per heavy atom. The molecule has 1 aromatic heterocycles. The molecular formula is C14H12BrNO4. The normalized spacial score (nSPS) is 18.6. The number of likely N-dealkylation sites (tertiary alicyclic amines) is 1. The zero-order valence-electron chi connectivity index (χ0n) is 10.5. The monoisotopic (exact) mass is 337 g/mol. The lowest BCUT2D eigenvalue weighted by molar-refractivity contribution is -0.141. The lowest BCUT2D eigenvalue weighted by Crippen LogP contribution is -2.40. The first-order chi connectivity index (χ1) is 9.56. The maximum absolute atomic E-state index is 12.4. The van der Waals surface area contributed by atoms with Crippen molar-refractivity contribution in [2.24, 2.45) is 0 Å². The van der Waals surface area contributed by atoms with E-state index in [1.165, 1.54) is 4.90 Å². The van der Waals surface area contributed by atoms with Gasteiger partial charge >= 0.3 is 5.97 Å². The first-order valence-electron chi connectivity index (χ1n) is 6.29. The number of halogens is 1. The fourth-order valence-corrected chi connectivity index (χ4v) is 2.91. The topological polar surface area (TPSA) is 70.8 Å². The molecule has 2 heterocycles. The summed E-state index contributed by atoms with van der Waals surface area (Å²) in [5.74, 6) is -1.14. The second-order valence-corrected chi connectivity index (χ2v) is 5.70. The van der Waals surface area contributed by atoms with E-state index < -0.39 is 12.0 Å². The van der Waals surface area contributed by atoms with Crippen LogP contribution in [0.2, 0.25) is 0 Å². The first-order valence-corrected chi connectivity index (χ1v) is 7.08. The summed E-state index contributed by atoms with van der Waals surface area (Å²) in [6, 6.07) is 6.36. The van der Waals surface area contributed by atoms with Gasteiger partial charge in [-0.3, -0.25) is 4.79 Å². The number of carbonyl (C=O) groups is 2. The molecule has 0 bridgehead atoms. The second kappa shape index (κ2) is 4.94. The summed E-state index contributed by atoms with van der Waals surface area (Å²) in [7, 11) is 0. The fourth-order valence-electron chi connectivity index (χ4n) is 2.53. The van der Waals surface area contributed by atoms with E-state index in [4.69, 9.17) is 9.52 Å². The Kier molecular flexibility index (Phi) is 3.25. The van der Waals surface area contributed by atoms with Gasteiger partial charge in [0.15, 0.2) is 5.76 Å². The standard InChI is InChI=1S/C14H12BrNO4/c15-9-3-4-11-8(6-9)7-12(20-11)13(17)16-5-1-2-10(16)14(18)19/h3-4,6-7,10H,1-2,5H2,(H,18,19). The highest BCUT2D eigenvalue weighted by Gasteiger charge is 2.35. The minimum atomic E-state index is -0.963. The van der Waals surface area contributed by atoms with Gasteiger partial charge in [0.25, 0.3) is 5.91 Å². The molecule has 6 heteroatoms. The summed E-state index contributed by atoms with van der Waals surface area (Å²) in [6.45, 7) is 0.455. The minimum Gasteiger partial charge on any atom is -0.480 e. The van der Waals surface area contributed by atoms with E-state index in [-0.39, 0.29) is 11.7 Å². The van der Waals surface area contributed by atoms with Crippen LogP contribution in [0.5, 0.6) is 0 Å². The van der Waals surface area contributed by atoms with Crippen molar-refractivity contribution in [1.29, 1.82) is 0 Å². The number of amides is 1. The van der Waals surface area contributed by atoms with Crippen LogP contribution in [0.15, 0.2) is 33.2 Å². The summed E-state index contributed by atoms with van der Waals surface area (Å²) >= 11 is 3.36. The molecule has 5 nitrogen and oxygen atoms in total. The molecule has 1 unspecified atom stereocenters. The van der Waals surface area contributed by atoms with Crippen molar-refractivity contribution >= 4 is 38.8 Å². The van der Waals surface area contributed by atoms with Gasteiger partial charge < -0.3 is 14.4 Å². The maximum atomic E-state index is 12.4. The Hall–Kier alpha value is -1.82. The highest BCUT2D eigenvalue weighted by atomic mass is 79.9. The molecule has 0 radical (unpaired) electrons. The number of furan rings is 1. The fraction of sp³-hybridized carbons (Fsp3) is 0.286. The van der Waals surface area contributed by atoms with Crippen molar-refractivity contribution in [2.75, 3.05) is 6.54 Å². The zero-order valence-corrected chi connectivity index (χ0v) is 12.1. The van der Waals surface area contributed by atoms with Gasteiger partial charge in [-0.05, 0) is 37.1 Å². The smallest absolute Gasteiger partial charge is 0.326 e. The van der Waals surface area contributed by atoms with E-state index in [1.807, 2.05) is 12.1 Å². The third-order valence-corrected chi connectivity index (χ3v) is 3.98. The molecule has 1 aliphatic rings. The van der Waals surface area contributed by atoms with Crippen LogP contribution < -0.4 is 0 Å². The van der Waals surface area contributed by atoms with Gasteiger partial charge in [-0.2, -0.15) is 0 Å². The number of aliphatic carboxylic acids is 1. The molecule has 2 aromatic rings. The van der Waals surface area contributed by atoms with Crippen LogP contribution in [0.25, 0.3) is 11.0 Å². The van der Waals surface area contributed by atoms with E-state index in [2.05, 4.69) is 15.9 Å². The van der Waals surface area contributed by atoms with E-state index in [0.717, 1.165) is 9.86 Å². The number of hydrogen-bond acceptors (Lipinski definition) is 3. The number of carbonyl (C=O) groups excluding carboxylic acids is 1. The number of hydrogen-bond donors (Lipinski definition) is 1. The molecule has 0 spiro atoms. The van der Waals surface area contributed by atoms with Crippen LogP contribution in [0.1, 0.15) is 23.4 Å². The van der Waals surface area contributed by atoms with Crippen molar-refractivity contribution < 1.29 is 19.1 Å². The van der Waals surface area contributed by atoms with Crippen LogP contribution in [0.4, 0.5) is 0 Å². The van der Waals surface area contributed by atoms with Gasteiger partial charge in [0.2, 0.25) is 0 Å². The third-order valence-electron chi connectivity index (χ3n) is 3.49. The highest BCUT2D eigenvalue weighted by Crippen LogP contribution is 2.26. The predicted octanol–water partition coefficient (Wildman–Crippen LogP) is 2.88. The van der Waals surface area contributed by atoms with Gasteiger partial charge in [0.05, 0.1) is 0 Å². The largest absolute Gasteiger partial charge is 0.480 e. The van der Waals surface area contributed by atoms with Gasteiger partial charge in [0.1, 0.15) is 11.6 Å². The SMILES string of the molecule is O=C(O)C1CCCN1C(=O)c1cc2cc(Br)ccc2o1. The van der Waals surface area contributed by atoms with E-state index >= 15 is 0 Å². The number of fused-ring (bicyclic) bond motifs is 1. The van der Waals surface area contributed by atoms with Crippen LogP contribution in [0.3, 0.4) is 0 Å². The molecule has 20 heavy (non-hydrogen) atoms. The summed E-state index contributed by atoms with van der Waals surface area (Å²) in [4.78, 5) is 24.9. The third kappa shape index (κ3) is 2.20. The van der Waals surface area contributed by atoms with Crippen LogP contribution in [-0.2, 0) is 4.79 Å². The Morgan fingerprint density at radius 3 is 2.90 bits per heavy atom. The molecule has 3 rings (SSSR count). The first kappa shape index (κ1) is 13.2. The highest BCUT2D eigenvalue weighted by molar-refractivity contribution is 9.10. The van der Waals surface area contributed by atoms with Crippen LogP contribution in [0, 0.1) is 0 Å². The Bertz CT molecular complexity index is 694. The van der Waals surface area contributed by atoms with Crippen molar-refractivity contribution in [3.05, 3.63) is 34.5 Å². The Balaban J connectivity index is 1.94. The molecule has 1 fully saturated rings. The molecule has 1 atom stereocenters. The molecule has 0 saturated carbocycles. The second-order valence-electron chi connectivity index (χ2n) is 4.79. The lowest BCUT2D eigenvalue weighted by atomic mass is 10.2. The molecule has 0 aliphatic carbocycles. The number of rotatable bonds is 2. The van der Waals surface area contributed by atoms with Crippen molar-refractivity contribution in [1.82, 2.24) is 4.90 Å². The number of carboxylic acid groups (broad SMARTS) is 1. The van der Waals surface area contributed by atoms with Gasteiger partial charge in [-0.25, -0.2) is 4.79 Å². The van der Waals surface area contributed by atoms with Crippen LogP contribution in [-0.4, -0.2) is 34.5 Å². The van der Waals surface area contributed by atoms with Gasteiger partial charge in [-0.1, -0.05) is 15.9 Å². The minimum absolute atomic E-state index is 0.186. The van der Waals surface area contributed by atoms with Crippen LogP contribution >= 0.6 is 15.9 Å². The van der Waals surface area contributed by atoms with E-state index in [1.54, 1.807) is 12.1 Å². The Labute approximate surface area is 123 Å². The number of nitrogens with zero attached hydrogens (tertiary/aromatic N) is 1. The summed E-state index contributed by atoms with van der Waals surface area (Å²) in [5.41, 5.74) is 0.614. The molecule has 1 amide bonds. The maximum Gasteiger partial charge on any atom is 0.326 e. The molecule has 1 saturated heterocycles. The average molecular weight is 338 g/mol. The van der Waals surface area contributed by atoms with E-state index in [9.17, 15) is 9.59 Å². The average Bonchev–Trinajstić information content (AvgIpc) is 3.03. The summed E-state index contributed by atoms with van der Waals surface area (Å²) < 4.78 is 6.42. The van der Waals surface area contributed by atoms with Crippen molar-refractivity contribution in [3.8, 4) is 0 Å². The number of carboxylic acids is 1. The zero-order chi connectivity index (χ0) is 14.3. The Morgan fingerprint density at radius 2 is 2.15 bits per heavy atom. The molecule has 1 N–H and O–H groups in total. The molecular weight excluding hydrogens is 326 g/mol. The quantitative estimate of drug-likeness (QED) is 0.914. The predicted molar refractivity (Wildman–Crippen MR) is 75.6 cm³/mol. The molecule has 1 aromatic carbocycles. The number of benzene rings is 1. The van der Waals surface area contributed by atoms with Gasteiger partial charge in [-0.15, -0.1) is 0 Å².